The molecule has 8 heteroatoms. The number of rotatable bonds is 6. The van der Waals surface area contributed by atoms with Crippen LogP contribution in [0.2, 0.25) is 0 Å². The Balaban J connectivity index is 1.34. The number of piperidine rings is 1. The van der Waals surface area contributed by atoms with E-state index in [0.717, 1.165) is 50.4 Å². The summed E-state index contributed by atoms with van der Waals surface area (Å²) in [6.07, 6.45) is 3.78. The van der Waals surface area contributed by atoms with Gasteiger partial charge >= 0.3 is 0 Å². The van der Waals surface area contributed by atoms with E-state index in [-0.39, 0.29) is 23.7 Å². The van der Waals surface area contributed by atoms with Crippen LogP contribution in [0, 0.1) is 6.92 Å². The molecule has 1 amide bonds. The van der Waals surface area contributed by atoms with Crippen molar-refractivity contribution in [3.8, 4) is 5.75 Å². The number of benzene rings is 1. The quantitative estimate of drug-likeness (QED) is 0.625. The first kappa shape index (κ1) is 25.2. The average Bonchev–Trinajstić information content (AvgIpc) is 3.53. The third kappa shape index (κ3) is 4.65. The van der Waals surface area contributed by atoms with Crippen LogP contribution in [-0.4, -0.2) is 63.3 Å². The number of likely N-dealkylation sites (tertiary alicyclic amines) is 1. The topological polar surface area (TPSA) is 57.9 Å². The fraction of sp³-hybridized carbons (Fsp3) is 0.607. The molecule has 1 N–H and O–H groups in total. The van der Waals surface area contributed by atoms with Crippen LogP contribution in [-0.2, 0) is 18.0 Å². The van der Waals surface area contributed by atoms with E-state index in [1.165, 1.54) is 0 Å². The highest BCUT2D eigenvalue weighted by molar-refractivity contribution is 5.94. The van der Waals surface area contributed by atoms with Crippen LogP contribution in [0.5, 0.6) is 5.75 Å². The number of hydrogen-bond acceptors (Lipinski definition) is 4. The number of carbonyl (C=O) groups is 1. The van der Waals surface area contributed by atoms with E-state index >= 15 is 0 Å². The molecule has 3 aliphatic rings. The summed E-state index contributed by atoms with van der Waals surface area (Å²) >= 11 is 0. The fourth-order valence-corrected chi connectivity index (χ4v) is 5.99. The second-order valence-electron chi connectivity index (χ2n) is 11.5. The lowest BCUT2D eigenvalue weighted by Crippen LogP contribution is -2.59. The van der Waals surface area contributed by atoms with E-state index in [2.05, 4.69) is 4.90 Å². The number of aryl methyl sites for hydroxylation is 1. The minimum Gasteiger partial charge on any atom is -0.490 e. The number of alkyl halides is 2. The van der Waals surface area contributed by atoms with Gasteiger partial charge in [0.1, 0.15) is 12.4 Å². The summed E-state index contributed by atoms with van der Waals surface area (Å²) in [5.74, 6) is -2.25. The predicted molar refractivity (Wildman–Crippen MR) is 134 cm³/mol. The van der Waals surface area contributed by atoms with Crippen molar-refractivity contribution in [1.82, 2.24) is 14.4 Å². The van der Waals surface area contributed by atoms with Crippen LogP contribution < -0.4 is 4.74 Å². The van der Waals surface area contributed by atoms with Crippen LogP contribution in [0.15, 0.2) is 30.3 Å². The van der Waals surface area contributed by atoms with Gasteiger partial charge in [-0.3, -0.25) is 9.69 Å². The Morgan fingerprint density at radius 1 is 1.08 bits per heavy atom. The lowest BCUT2D eigenvalue weighted by atomic mass is 9.80. The molecule has 2 aromatic rings. The van der Waals surface area contributed by atoms with Gasteiger partial charge in [-0.05, 0) is 82.3 Å². The highest BCUT2D eigenvalue weighted by atomic mass is 19.3. The van der Waals surface area contributed by atoms with Gasteiger partial charge in [0, 0.05) is 50.4 Å². The molecule has 3 heterocycles. The van der Waals surface area contributed by atoms with Crippen LogP contribution in [0.4, 0.5) is 8.78 Å². The van der Waals surface area contributed by atoms with Gasteiger partial charge in [-0.15, -0.1) is 0 Å². The third-order valence-corrected chi connectivity index (χ3v) is 7.89. The zero-order valence-corrected chi connectivity index (χ0v) is 21.7. The number of halogens is 2. The average molecular weight is 502 g/mol. The van der Waals surface area contributed by atoms with E-state index in [4.69, 9.17) is 4.74 Å². The fourth-order valence-electron chi connectivity index (χ4n) is 5.99. The first-order chi connectivity index (χ1) is 16.9. The molecule has 0 atom stereocenters. The van der Waals surface area contributed by atoms with Gasteiger partial charge in [-0.2, -0.15) is 0 Å². The normalized spacial score (nSPS) is 20.5. The van der Waals surface area contributed by atoms with E-state index in [9.17, 15) is 18.7 Å². The number of ether oxygens (including phenoxy) is 1. The first-order valence-electron chi connectivity index (χ1n) is 13.0. The van der Waals surface area contributed by atoms with Crippen molar-refractivity contribution in [3.63, 3.8) is 0 Å². The predicted octanol–water partition coefficient (Wildman–Crippen LogP) is 4.67. The van der Waals surface area contributed by atoms with E-state index in [0.29, 0.717) is 37.0 Å². The molecule has 1 aromatic carbocycles. The van der Waals surface area contributed by atoms with Crippen molar-refractivity contribution < 1.29 is 23.4 Å². The smallest absolute Gasteiger partial charge is 0.285 e. The maximum atomic E-state index is 14.3. The van der Waals surface area contributed by atoms with Crippen molar-refractivity contribution in [2.24, 2.45) is 0 Å². The van der Waals surface area contributed by atoms with E-state index < -0.39 is 11.5 Å². The third-order valence-electron chi connectivity index (χ3n) is 7.89. The Labute approximate surface area is 211 Å². The van der Waals surface area contributed by atoms with Crippen LogP contribution in [0.1, 0.15) is 73.8 Å². The molecule has 1 saturated carbocycles. The summed E-state index contributed by atoms with van der Waals surface area (Å²) in [7, 11) is 0. The highest BCUT2D eigenvalue weighted by Crippen LogP contribution is 2.48. The lowest BCUT2D eigenvalue weighted by Gasteiger charge is -2.52. The molecule has 0 unspecified atom stereocenters. The monoisotopic (exact) mass is 501 g/mol. The molecule has 1 saturated heterocycles. The minimum atomic E-state index is -2.88. The second kappa shape index (κ2) is 8.84. The summed E-state index contributed by atoms with van der Waals surface area (Å²) in [5.41, 5.74) is 1.28. The zero-order chi connectivity index (χ0) is 25.9. The van der Waals surface area contributed by atoms with Gasteiger partial charge < -0.3 is 19.3 Å². The molecular formula is C28H37F2N3O3. The molecule has 5 rings (SSSR count). The summed E-state index contributed by atoms with van der Waals surface area (Å²) in [6, 6.07) is 9.40. The molecule has 0 radical (unpaired) electrons. The SMILES string of the molecule is Cc1cc(C(=O)N2CCC3(CC2)c2ccc(C(C)(F)F)n2CCN3C2CC2)ccc1OCC(C)(C)O. The molecule has 0 bridgehead atoms. The highest BCUT2D eigenvalue weighted by Gasteiger charge is 2.51. The molecule has 1 aromatic heterocycles. The Morgan fingerprint density at radius 3 is 2.36 bits per heavy atom. The van der Waals surface area contributed by atoms with Gasteiger partial charge in [-0.1, -0.05) is 0 Å². The molecule has 2 aliphatic heterocycles. The van der Waals surface area contributed by atoms with Gasteiger partial charge in [0.05, 0.1) is 16.8 Å². The number of aliphatic hydroxyl groups is 1. The molecule has 1 aliphatic carbocycles. The summed E-state index contributed by atoms with van der Waals surface area (Å²) < 4.78 is 36.2. The van der Waals surface area contributed by atoms with Crippen LogP contribution in [0.25, 0.3) is 0 Å². The zero-order valence-electron chi connectivity index (χ0n) is 21.7. The standard InChI is InChI=1S/C28H37F2N3O3/c1-19-17-20(5-8-22(19)36-18-26(2,3)35)25(34)31-13-11-28(12-14-31)24-10-9-23(27(4,29)30)32(24)15-16-33(28)21-6-7-21/h5,8-10,17,21,35H,6-7,11-16,18H2,1-4H3. The maximum Gasteiger partial charge on any atom is 0.285 e. The minimum absolute atomic E-state index is 0.0214. The Morgan fingerprint density at radius 2 is 1.78 bits per heavy atom. The first-order valence-corrected chi connectivity index (χ1v) is 13.0. The number of amides is 1. The van der Waals surface area contributed by atoms with Crippen LogP contribution >= 0.6 is 0 Å². The van der Waals surface area contributed by atoms with E-state index in [1.54, 1.807) is 32.0 Å². The van der Waals surface area contributed by atoms with Gasteiger partial charge in [0.2, 0.25) is 0 Å². The summed E-state index contributed by atoms with van der Waals surface area (Å²) in [6.45, 7) is 8.93. The Kier molecular flexibility index (Phi) is 6.19. The second-order valence-corrected chi connectivity index (χ2v) is 11.5. The van der Waals surface area contributed by atoms with Gasteiger partial charge in [0.25, 0.3) is 11.8 Å². The molecule has 2 fully saturated rings. The van der Waals surface area contributed by atoms with Crippen molar-refractivity contribution >= 4 is 5.91 Å². The Bertz CT molecular complexity index is 1140. The van der Waals surface area contributed by atoms with Gasteiger partial charge in [-0.25, -0.2) is 8.78 Å². The van der Waals surface area contributed by atoms with Gasteiger partial charge in [0.15, 0.2) is 0 Å². The van der Waals surface area contributed by atoms with E-state index in [1.807, 2.05) is 28.5 Å². The number of aromatic nitrogens is 1. The van der Waals surface area contributed by atoms with Crippen molar-refractivity contribution in [3.05, 3.63) is 52.8 Å². The molecule has 6 nitrogen and oxygen atoms in total. The number of carbonyl (C=O) groups excluding carboxylic acids is 1. The van der Waals surface area contributed by atoms with Crippen molar-refractivity contribution in [2.45, 2.75) is 83.0 Å². The lowest BCUT2D eigenvalue weighted by molar-refractivity contribution is -0.0204. The molecule has 36 heavy (non-hydrogen) atoms. The maximum absolute atomic E-state index is 14.3. The summed E-state index contributed by atoms with van der Waals surface area (Å²) in [4.78, 5) is 17.8. The van der Waals surface area contributed by atoms with Crippen LogP contribution in [0.3, 0.4) is 0 Å². The molecule has 196 valence electrons. The van der Waals surface area contributed by atoms with Crippen molar-refractivity contribution in [1.29, 1.82) is 0 Å². The molecule has 1 spiro atoms. The molecular weight excluding hydrogens is 464 g/mol. The number of hydrogen-bond donors (Lipinski definition) is 1. The Hall–Kier alpha value is -2.45. The largest absolute Gasteiger partial charge is 0.490 e. The number of fused-ring (bicyclic) bond motifs is 2. The van der Waals surface area contributed by atoms with Crippen molar-refractivity contribution in [2.75, 3.05) is 26.2 Å². The summed E-state index contributed by atoms with van der Waals surface area (Å²) in [5, 5.41) is 9.92. The number of nitrogens with zero attached hydrogens (tertiary/aromatic N) is 3.